The standard InChI is InChI=1S/2C12H23NO3/c1-11(2,3)8(7-9(14)15)10(16)13-12(4,5)6;1-11(2,3)8(10(15)16)7-9(14)13-12(4,5)6/h8H,7H2,1-6H3,(H,13,16)(H,14,15);8H,7H2,1-6H3,(H,13,14)(H,15,16). The third-order valence-corrected chi connectivity index (χ3v) is 4.49. The van der Waals surface area contributed by atoms with E-state index in [4.69, 9.17) is 10.2 Å². The summed E-state index contributed by atoms with van der Waals surface area (Å²) in [7, 11) is 0. The molecule has 0 aliphatic carbocycles. The number of hydrogen-bond acceptors (Lipinski definition) is 4. The molecule has 0 bridgehead atoms. The van der Waals surface area contributed by atoms with Crippen LogP contribution >= 0.6 is 0 Å². The summed E-state index contributed by atoms with van der Waals surface area (Å²) < 4.78 is 0. The molecule has 0 heterocycles. The fourth-order valence-corrected chi connectivity index (χ4v) is 2.84. The molecule has 0 aliphatic rings. The quantitative estimate of drug-likeness (QED) is 0.474. The van der Waals surface area contributed by atoms with Gasteiger partial charge < -0.3 is 20.8 Å². The number of hydrogen-bond donors (Lipinski definition) is 4. The maximum absolute atomic E-state index is 12.0. The Labute approximate surface area is 193 Å². The lowest BCUT2D eigenvalue weighted by atomic mass is 9.78. The van der Waals surface area contributed by atoms with Crippen LogP contribution < -0.4 is 10.6 Å². The average molecular weight is 459 g/mol. The normalized spacial score (nSPS) is 14.4. The molecule has 0 fully saturated rings. The molecule has 8 nitrogen and oxygen atoms in total. The van der Waals surface area contributed by atoms with E-state index in [2.05, 4.69) is 10.6 Å². The Bertz CT molecular complexity index is 658. The average Bonchev–Trinajstić information content (AvgIpc) is 2.44. The van der Waals surface area contributed by atoms with Gasteiger partial charge in [0.05, 0.1) is 18.3 Å². The first kappa shape index (κ1) is 32.1. The van der Waals surface area contributed by atoms with Crippen LogP contribution in [0.4, 0.5) is 0 Å². The Morgan fingerprint density at radius 3 is 1.25 bits per heavy atom. The number of nitrogens with one attached hydrogen (secondary N) is 2. The number of carboxylic acid groups (broad SMARTS) is 2. The molecule has 8 heteroatoms. The molecule has 0 radical (unpaired) electrons. The summed E-state index contributed by atoms with van der Waals surface area (Å²) in [6, 6.07) is 0. The van der Waals surface area contributed by atoms with Crippen molar-refractivity contribution in [1.82, 2.24) is 10.6 Å². The second-order valence-electron chi connectivity index (χ2n) is 12.5. The second kappa shape index (κ2) is 11.7. The van der Waals surface area contributed by atoms with Crippen LogP contribution in [-0.2, 0) is 19.2 Å². The Morgan fingerprint density at radius 1 is 0.625 bits per heavy atom. The predicted octanol–water partition coefficient (Wildman–Crippen LogP) is 4.08. The van der Waals surface area contributed by atoms with Crippen molar-refractivity contribution in [3.63, 3.8) is 0 Å². The molecule has 4 N–H and O–H groups in total. The van der Waals surface area contributed by atoms with Crippen molar-refractivity contribution in [1.29, 1.82) is 0 Å². The Balaban J connectivity index is 0. The van der Waals surface area contributed by atoms with Crippen LogP contribution in [0.1, 0.15) is 95.9 Å². The van der Waals surface area contributed by atoms with Crippen LogP contribution in [0.2, 0.25) is 0 Å². The zero-order chi connectivity index (χ0) is 26.3. The predicted molar refractivity (Wildman–Crippen MR) is 126 cm³/mol. The zero-order valence-electron chi connectivity index (χ0n) is 22.1. The van der Waals surface area contributed by atoms with Crippen LogP contribution in [0.15, 0.2) is 0 Å². The topological polar surface area (TPSA) is 133 Å². The molecule has 0 spiro atoms. The van der Waals surface area contributed by atoms with Gasteiger partial charge >= 0.3 is 11.9 Å². The van der Waals surface area contributed by atoms with Gasteiger partial charge in [-0.2, -0.15) is 0 Å². The molecule has 2 unspecified atom stereocenters. The van der Waals surface area contributed by atoms with Gasteiger partial charge in [0.1, 0.15) is 0 Å². The van der Waals surface area contributed by atoms with Crippen molar-refractivity contribution in [2.45, 2.75) is 107 Å². The van der Waals surface area contributed by atoms with Gasteiger partial charge in [-0.05, 0) is 52.4 Å². The number of rotatable bonds is 6. The lowest BCUT2D eigenvalue weighted by Gasteiger charge is -2.31. The number of carbonyl (C=O) groups excluding carboxylic acids is 2. The minimum Gasteiger partial charge on any atom is -0.481 e. The van der Waals surface area contributed by atoms with E-state index in [9.17, 15) is 19.2 Å². The van der Waals surface area contributed by atoms with E-state index < -0.39 is 29.2 Å². The van der Waals surface area contributed by atoms with Gasteiger partial charge in [0.2, 0.25) is 11.8 Å². The molecule has 0 aromatic rings. The van der Waals surface area contributed by atoms with E-state index in [-0.39, 0.29) is 41.1 Å². The Morgan fingerprint density at radius 2 is 1.00 bits per heavy atom. The first-order valence-electron chi connectivity index (χ1n) is 10.9. The summed E-state index contributed by atoms with van der Waals surface area (Å²) in [6.45, 7) is 22.4. The van der Waals surface area contributed by atoms with Crippen molar-refractivity contribution < 1.29 is 29.4 Å². The zero-order valence-corrected chi connectivity index (χ0v) is 22.1. The van der Waals surface area contributed by atoms with Crippen molar-refractivity contribution >= 4 is 23.8 Å². The third-order valence-electron chi connectivity index (χ3n) is 4.49. The molecule has 32 heavy (non-hydrogen) atoms. The Hall–Kier alpha value is -2.12. The van der Waals surface area contributed by atoms with Crippen molar-refractivity contribution in [3.05, 3.63) is 0 Å². The fraction of sp³-hybridized carbons (Fsp3) is 0.833. The summed E-state index contributed by atoms with van der Waals surface area (Å²) >= 11 is 0. The maximum Gasteiger partial charge on any atom is 0.307 e. The van der Waals surface area contributed by atoms with Crippen molar-refractivity contribution in [2.24, 2.45) is 22.7 Å². The second-order valence-corrected chi connectivity index (χ2v) is 12.5. The number of carbonyl (C=O) groups is 4. The van der Waals surface area contributed by atoms with Gasteiger partial charge in [0, 0.05) is 17.5 Å². The van der Waals surface area contributed by atoms with E-state index in [0.717, 1.165) is 0 Å². The van der Waals surface area contributed by atoms with Gasteiger partial charge in [-0.25, -0.2) is 0 Å². The number of aliphatic carboxylic acids is 2. The van der Waals surface area contributed by atoms with E-state index in [1.165, 1.54) is 0 Å². The van der Waals surface area contributed by atoms with Crippen molar-refractivity contribution in [2.75, 3.05) is 0 Å². The number of amides is 2. The highest BCUT2D eigenvalue weighted by atomic mass is 16.4. The lowest BCUT2D eigenvalue weighted by molar-refractivity contribution is -0.148. The maximum atomic E-state index is 12.0. The van der Waals surface area contributed by atoms with Gasteiger partial charge in [0.25, 0.3) is 0 Å². The molecule has 188 valence electrons. The van der Waals surface area contributed by atoms with Crippen molar-refractivity contribution in [3.8, 4) is 0 Å². The summed E-state index contributed by atoms with van der Waals surface area (Å²) in [5.41, 5.74) is -1.42. The largest absolute Gasteiger partial charge is 0.481 e. The van der Waals surface area contributed by atoms with Crippen LogP contribution in [0.5, 0.6) is 0 Å². The van der Waals surface area contributed by atoms with E-state index >= 15 is 0 Å². The highest BCUT2D eigenvalue weighted by Gasteiger charge is 2.35. The lowest BCUT2D eigenvalue weighted by Crippen LogP contribution is -2.47. The molecule has 2 amide bonds. The highest BCUT2D eigenvalue weighted by molar-refractivity contribution is 5.84. The molecule has 0 saturated heterocycles. The SMILES string of the molecule is CC(C)(C)NC(=O)C(CC(=O)O)C(C)(C)C.CC(C)(C)NC(=O)CC(C(=O)O)C(C)(C)C. The molecule has 0 aromatic heterocycles. The molecule has 0 aliphatic heterocycles. The van der Waals surface area contributed by atoms with Crippen LogP contribution in [0.25, 0.3) is 0 Å². The minimum atomic E-state index is -0.941. The fourth-order valence-electron chi connectivity index (χ4n) is 2.84. The van der Waals surface area contributed by atoms with E-state index in [0.29, 0.717) is 0 Å². The summed E-state index contributed by atoms with van der Waals surface area (Å²) in [5, 5.41) is 23.5. The van der Waals surface area contributed by atoms with Gasteiger partial charge in [-0.1, -0.05) is 41.5 Å². The smallest absolute Gasteiger partial charge is 0.307 e. The highest BCUT2D eigenvalue weighted by Crippen LogP contribution is 2.30. The van der Waals surface area contributed by atoms with E-state index in [1.54, 1.807) is 0 Å². The Kier molecular flexibility index (Phi) is 11.7. The molecule has 0 saturated carbocycles. The molecular formula is C24H46N2O6. The summed E-state index contributed by atoms with van der Waals surface area (Å²) in [6.07, 6.45) is -0.110. The van der Waals surface area contributed by atoms with Gasteiger partial charge in [-0.15, -0.1) is 0 Å². The first-order valence-corrected chi connectivity index (χ1v) is 10.9. The third kappa shape index (κ3) is 15.6. The molecule has 2 atom stereocenters. The van der Waals surface area contributed by atoms with Crippen LogP contribution in [-0.4, -0.2) is 45.0 Å². The first-order chi connectivity index (χ1) is 13.9. The molecular weight excluding hydrogens is 412 g/mol. The summed E-state index contributed by atoms with van der Waals surface area (Å²) in [5.74, 6) is -3.43. The molecule has 0 aromatic carbocycles. The summed E-state index contributed by atoms with van der Waals surface area (Å²) in [4.78, 5) is 45.4. The van der Waals surface area contributed by atoms with Gasteiger partial charge in [-0.3, -0.25) is 19.2 Å². The van der Waals surface area contributed by atoms with Crippen LogP contribution in [0.3, 0.4) is 0 Å². The van der Waals surface area contributed by atoms with Crippen LogP contribution in [0, 0.1) is 22.7 Å². The number of carboxylic acids is 2. The molecule has 0 rings (SSSR count). The minimum absolute atomic E-state index is 0.0239. The monoisotopic (exact) mass is 458 g/mol. The van der Waals surface area contributed by atoms with E-state index in [1.807, 2.05) is 83.1 Å². The van der Waals surface area contributed by atoms with Gasteiger partial charge in [0.15, 0.2) is 0 Å².